The van der Waals surface area contributed by atoms with Crippen LogP contribution in [0.5, 0.6) is 0 Å². The van der Waals surface area contributed by atoms with Gasteiger partial charge >= 0.3 is 10.2 Å². The number of thiazole rings is 1. The molecule has 1 fully saturated rings. The molecule has 2 heterocycles. The molecule has 1 saturated heterocycles. The van der Waals surface area contributed by atoms with Crippen molar-refractivity contribution in [2.75, 3.05) is 24.4 Å². The zero-order chi connectivity index (χ0) is 14.4. The van der Waals surface area contributed by atoms with Gasteiger partial charge in [0.1, 0.15) is 0 Å². The summed E-state index contributed by atoms with van der Waals surface area (Å²) < 4.78 is 28.2. The van der Waals surface area contributed by atoms with Gasteiger partial charge in [-0.15, -0.1) is 0 Å². The minimum absolute atomic E-state index is 0.0141. The molecule has 0 aliphatic carbocycles. The van der Waals surface area contributed by atoms with Crippen molar-refractivity contribution in [3.05, 3.63) is 11.1 Å². The number of aliphatic hydroxyl groups is 1. The lowest BCUT2D eigenvalue weighted by Crippen LogP contribution is -2.39. The van der Waals surface area contributed by atoms with Crippen molar-refractivity contribution in [3.8, 4) is 11.8 Å². The molecule has 0 unspecified atom stereocenters. The maximum atomic E-state index is 12.1. The van der Waals surface area contributed by atoms with Crippen LogP contribution in [0.2, 0.25) is 0 Å². The van der Waals surface area contributed by atoms with E-state index in [2.05, 4.69) is 21.5 Å². The summed E-state index contributed by atoms with van der Waals surface area (Å²) in [5.74, 6) is 5.60. The Morgan fingerprint density at radius 2 is 2.15 bits per heavy atom. The molecular weight excluding hydrogens is 298 g/mol. The molecule has 8 heteroatoms. The summed E-state index contributed by atoms with van der Waals surface area (Å²) in [4.78, 5) is 4.69. The lowest BCUT2D eigenvalue weighted by molar-refractivity contribution is 0.305. The van der Waals surface area contributed by atoms with Crippen LogP contribution in [0.4, 0.5) is 5.13 Å². The molecule has 1 aliphatic rings. The van der Waals surface area contributed by atoms with Gasteiger partial charge in [0.2, 0.25) is 0 Å². The Kier molecular flexibility index (Phi) is 5.37. The predicted molar refractivity (Wildman–Crippen MR) is 78.7 cm³/mol. The average molecular weight is 315 g/mol. The molecule has 2 N–H and O–H groups in total. The monoisotopic (exact) mass is 315 g/mol. The van der Waals surface area contributed by atoms with Crippen molar-refractivity contribution < 1.29 is 13.5 Å². The molecule has 6 nitrogen and oxygen atoms in total. The molecular formula is C12H17N3O3S2. The van der Waals surface area contributed by atoms with E-state index in [1.165, 1.54) is 21.8 Å². The van der Waals surface area contributed by atoms with E-state index in [4.69, 9.17) is 5.11 Å². The number of hydrogen-bond donors (Lipinski definition) is 2. The summed E-state index contributed by atoms with van der Waals surface area (Å²) in [6.07, 6.45) is 4.80. The molecule has 1 aromatic heterocycles. The number of aliphatic hydroxyl groups excluding tert-OH is 1. The van der Waals surface area contributed by atoms with Gasteiger partial charge in [-0.25, -0.2) is 9.71 Å². The second-order valence-electron chi connectivity index (χ2n) is 4.37. The Balaban J connectivity index is 2.01. The van der Waals surface area contributed by atoms with Gasteiger partial charge in [0, 0.05) is 19.5 Å². The van der Waals surface area contributed by atoms with Crippen LogP contribution >= 0.6 is 11.3 Å². The van der Waals surface area contributed by atoms with Gasteiger partial charge in [-0.05, 0) is 12.8 Å². The predicted octanol–water partition coefficient (Wildman–Crippen LogP) is 1.02. The normalized spacial score (nSPS) is 16.4. The van der Waals surface area contributed by atoms with Crippen LogP contribution < -0.4 is 4.72 Å². The molecule has 0 bridgehead atoms. The molecule has 0 atom stereocenters. The van der Waals surface area contributed by atoms with Crippen LogP contribution in [-0.2, 0) is 10.2 Å². The van der Waals surface area contributed by atoms with E-state index >= 15 is 0 Å². The van der Waals surface area contributed by atoms with E-state index in [9.17, 15) is 8.42 Å². The van der Waals surface area contributed by atoms with E-state index in [-0.39, 0.29) is 6.61 Å². The van der Waals surface area contributed by atoms with Crippen LogP contribution in [0.15, 0.2) is 6.20 Å². The molecule has 1 aromatic rings. The first-order chi connectivity index (χ1) is 9.62. The van der Waals surface area contributed by atoms with Crippen LogP contribution in [0.3, 0.4) is 0 Å². The molecule has 0 aromatic carbocycles. The van der Waals surface area contributed by atoms with Crippen LogP contribution in [0, 0.1) is 11.8 Å². The van der Waals surface area contributed by atoms with Crippen LogP contribution in [-0.4, -0.2) is 42.5 Å². The molecule has 20 heavy (non-hydrogen) atoms. The Morgan fingerprint density at radius 3 is 2.85 bits per heavy atom. The highest BCUT2D eigenvalue weighted by Crippen LogP contribution is 2.21. The third-order valence-corrected chi connectivity index (χ3v) is 5.28. The summed E-state index contributed by atoms with van der Waals surface area (Å²) in [6.45, 7) is 1.13. The van der Waals surface area contributed by atoms with Crippen molar-refractivity contribution >= 4 is 26.7 Å². The zero-order valence-electron chi connectivity index (χ0n) is 11.0. The molecule has 0 amide bonds. The van der Waals surface area contributed by atoms with E-state index in [0.717, 1.165) is 19.3 Å². The molecule has 110 valence electrons. The lowest BCUT2D eigenvalue weighted by Gasteiger charge is -2.25. The number of nitrogens with one attached hydrogen (secondary N) is 1. The topological polar surface area (TPSA) is 82.5 Å². The Bertz CT molecular complexity index is 595. The van der Waals surface area contributed by atoms with Crippen molar-refractivity contribution in [3.63, 3.8) is 0 Å². The van der Waals surface area contributed by atoms with Gasteiger partial charge in [-0.2, -0.15) is 12.7 Å². The molecule has 1 aliphatic heterocycles. The minimum atomic E-state index is -3.51. The van der Waals surface area contributed by atoms with Crippen molar-refractivity contribution in [1.29, 1.82) is 0 Å². The summed E-state index contributed by atoms with van der Waals surface area (Å²) >= 11 is 1.19. The summed E-state index contributed by atoms with van der Waals surface area (Å²) in [7, 11) is -3.51. The first-order valence-corrected chi connectivity index (χ1v) is 8.71. The Hall–Kier alpha value is -1.14. The Morgan fingerprint density at radius 1 is 1.40 bits per heavy atom. The third kappa shape index (κ3) is 4.18. The highest BCUT2D eigenvalue weighted by molar-refractivity contribution is 7.90. The number of piperidine rings is 1. The Labute approximate surface area is 123 Å². The van der Waals surface area contributed by atoms with Crippen LogP contribution in [0.25, 0.3) is 0 Å². The molecule has 2 rings (SSSR count). The first kappa shape index (κ1) is 15.3. The van der Waals surface area contributed by atoms with E-state index in [0.29, 0.717) is 29.5 Å². The molecule has 0 radical (unpaired) electrons. The summed E-state index contributed by atoms with van der Waals surface area (Å²) in [5, 5.41) is 8.96. The number of nitrogens with zero attached hydrogens (tertiary/aromatic N) is 2. The second kappa shape index (κ2) is 7.04. The fraction of sp³-hybridized carbons (Fsp3) is 0.583. The lowest BCUT2D eigenvalue weighted by atomic mass is 10.2. The number of aromatic nitrogens is 1. The number of rotatable bonds is 4. The zero-order valence-corrected chi connectivity index (χ0v) is 12.6. The number of anilines is 1. The fourth-order valence-corrected chi connectivity index (χ4v) is 4.03. The van der Waals surface area contributed by atoms with Crippen molar-refractivity contribution in [1.82, 2.24) is 9.29 Å². The van der Waals surface area contributed by atoms with Gasteiger partial charge in [-0.1, -0.05) is 29.6 Å². The van der Waals surface area contributed by atoms with E-state index < -0.39 is 10.2 Å². The SMILES string of the molecule is O=S(=O)(Nc1ncc(C#CCCO)s1)N1CCCCC1. The van der Waals surface area contributed by atoms with Crippen LogP contribution in [0.1, 0.15) is 30.6 Å². The van der Waals surface area contributed by atoms with Crippen molar-refractivity contribution in [2.45, 2.75) is 25.7 Å². The smallest absolute Gasteiger partial charge is 0.303 e. The second-order valence-corrected chi connectivity index (χ2v) is 7.07. The van der Waals surface area contributed by atoms with Gasteiger partial charge in [0.15, 0.2) is 5.13 Å². The third-order valence-electron chi connectivity index (χ3n) is 2.83. The van der Waals surface area contributed by atoms with Gasteiger partial charge in [0.05, 0.1) is 17.7 Å². The standard InChI is InChI=1S/C12H17N3O3S2/c16-9-5-2-6-11-10-13-12(19-11)14-20(17,18)15-7-3-1-4-8-15/h10,16H,1,3-5,7-9H2,(H,13,14). The van der Waals surface area contributed by atoms with Gasteiger partial charge in [0.25, 0.3) is 0 Å². The minimum Gasteiger partial charge on any atom is -0.395 e. The maximum absolute atomic E-state index is 12.1. The molecule has 0 saturated carbocycles. The van der Waals surface area contributed by atoms with Gasteiger partial charge < -0.3 is 5.11 Å². The number of hydrogen-bond acceptors (Lipinski definition) is 5. The maximum Gasteiger partial charge on any atom is 0.303 e. The average Bonchev–Trinajstić information content (AvgIpc) is 2.87. The van der Waals surface area contributed by atoms with E-state index in [1.807, 2.05) is 0 Å². The highest BCUT2D eigenvalue weighted by atomic mass is 32.2. The fourth-order valence-electron chi connectivity index (χ4n) is 1.86. The quantitative estimate of drug-likeness (QED) is 0.813. The molecule has 0 spiro atoms. The highest BCUT2D eigenvalue weighted by Gasteiger charge is 2.24. The summed E-state index contributed by atoms with van der Waals surface area (Å²) in [5.41, 5.74) is 0. The van der Waals surface area contributed by atoms with E-state index in [1.54, 1.807) is 0 Å². The summed E-state index contributed by atoms with van der Waals surface area (Å²) in [6, 6.07) is 0. The van der Waals surface area contributed by atoms with Gasteiger partial charge in [-0.3, -0.25) is 0 Å². The largest absolute Gasteiger partial charge is 0.395 e. The first-order valence-electron chi connectivity index (χ1n) is 6.45. The van der Waals surface area contributed by atoms with Crippen molar-refractivity contribution in [2.24, 2.45) is 0 Å².